The van der Waals surface area contributed by atoms with Gasteiger partial charge in [-0.25, -0.2) is 0 Å². The van der Waals surface area contributed by atoms with Crippen LogP contribution in [0.25, 0.3) is 0 Å². The summed E-state index contributed by atoms with van der Waals surface area (Å²) >= 11 is 1.52. The van der Waals surface area contributed by atoms with Gasteiger partial charge in [-0.2, -0.15) is 5.26 Å². The van der Waals surface area contributed by atoms with Crippen LogP contribution in [-0.4, -0.2) is 11.2 Å². The summed E-state index contributed by atoms with van der Waals surface area (Å²) < 4.78 is 0. The molecule has 0 aliphatic heterocycles. The van der Waals surface area contributed by atoms with E-state index >= 15 is 0 Å². The van der Waals surface area contributed by atoms with E-state index in [1.165, 1.54) is 22.9 Å². The van der Waals surface area contributed by atoms with Crippen LogP contribution in [0.15, 0.2) is 47.4 Å². The second kappa shape index (κ2) is 7.15. The number of hydrogen-bond donors (Lipinski definition) is 1. The van der Waals surface area contributed by atoms with Crippen molar-refractivity contribution in [1.29, 1.82) is 5.26 Å². The van der Waals surface area contributed by atoms with Crippen molar-refractivity contribution in [3.63, 3.8) is 0 Å². The van der Waals surface area contributed by atoms with Gasteiger partial charge in [-0.1, -0.05) is 29.8 Å². The first-order valence-electron chi connectivity index (χ1n) is 7.05. The molecule has 2 rings (SSSR count). The first-order chi connectivity index (χ1) is 10.5. The number of aryl methyl sites for hydroxylation is 2. The molecule has 0 aliphatic carbocycles. The molecule has 4 heteroatoms. The van der Waals surface area contributed by atoms with Crippen molar-refractivity contribution in [3.8, 4) is 6.07 Å². The highest BCUT2D eigenvalue weighted by Crippen LogP contribution is 2.28. The summed E-state index contributed by atoms with van der Waals surface area (Å²) in [6.45, 7) is 5.97. The molecule has 0 aliphatic rings. The molecule has 0 spiro atoms. The maximum absolute atomic E-state index is 12.3. The SMILES string of the molecule is Cc1ccc(S[C@H](C)C(=O)Nc2ccccc2C#N)c(C)c1. The monoisotopic (exact) mass is 310 g/mol. The van der Waals surface area contributed by atoms with E-state index in [1.807, 2.05) is 26.0 Å². The highest BCUT2D eigenvalue weighted by molar-refractivity contribution is 8.00. The van der Waals surface area contributed by atoms with Crippen LogP contribution in [0, 0.1) is 25.2 Å². The van der Waals surface area contributed by atoms with Gasteiger partial charge in [0.25, 0.3) is 0 Å². The lowest BCUT2D eigenvalue weighted by molar-refractivity contribution is -0.115. The number of anilines is 1. The molecule has 1 N–H and O–H groups in total. The van der Waals surface area contributed by atoms with Crippen molar-refractivity contribution >= 4 is 23.4 Å². The van der Waals surface area contributed by atoms with E-state index in [1.54, 1.807) is 24.3 Å². The number of nitriles is 1. The zero-order valence-corrected chi connectivity index (χ0v) is 13.7. The summed E-state index contributed by atoms with van der Waals surface area (Å²) in [5, 5.41) is 11.6. The van der Waals surface area contributed by atoms with E-state index in [-0.39, 0.29) is 11.2 Å². The lowest BCUT2D eigenvalue weighted by Gasteiger charge is -2.14. The normalized spacial score (nSPS) is 11.5. The van der Waals surface area contributed by atoms with Gasteiger partial charge in [-0.15, -0.1) is 11.8 Å². The fourth-order valence-corrected chi connectivity index (χ4v) is 3.04. The largest absolute Gasteiger partial charge is 0.324 e. The summed E-state index contributed by atoms with van der Waals surface area (Å²) in [4.78, 5) is 13.4. The molecule has 112 valence electrons. The van der Waals surface area contributed by atoms with Crippen molar-refractivity contribution in [1.82, 2.24) is 0 Å². The molecule has 0 heterocycles. The van der Waals surface area contributed by atoms with Crippen LogP contribution in [0.1, 0.15) is 23.6 Å². The average molecular weight is 310 g/mol. The maximum Gasteiger partial charge on any atom is 0.237 e. The number of carbonyl (C=O) groups excluding carboxylic acids is 1. The predicted molar refractivity (Wildman–Crippen MR) is 91.0 cm³/mol. The van der Waals surface area contributed by atoms with Crippen LogP contribution >= 0.6 is 11.8 Å². The highest BCUT2D eigenvalue weighted by atomic mass is 32.2. The first-order valence-corrected chi connectivity index (χ1v) is 7.93. The first kappa shape index (κ1) is 16.1. The Bertz CT molecular complexity index is 734. The number of carbonyl (C=O) groups is 1. The molecular weight excluding hydrogens is 292 g/mol. The van der Waals surface area contributed by atoms with Crippen LogP contribution in [0.2, 0.25) is 0 Å². The molecule has 0 saturated carbocycles. The minimum absolute atomic E-state index is 0.104. The molecule has 22 heavy (non-hydrogen) atoms. The summed E-state index contributed by atoms with van der Waals surface area (Å²) in [6, 6.07) is 15.3. The highest BCUT2D eigenvalue weighted by Gasteiger charge is 2.16. The Kier molecular flexibility index (Phi) is 5.24. The number of amides is 1. The van der Waals surface area contributed by atoms with Gasteiger partial charge in [0.15, 0.2) is 0 Å². The molecule has 2 aromatic carbocycles. The molecule has 0 bridgehead atoms. The van der Waals surface area contributed by atoms with Gasteiger partial charge in [-0.3, -0.25) is 4.79 Å². The zero-order chi connectivity index (χ0) is 16.1. The van der Waals surface area contributed by atoms with Crippen LogP contribution in [-0.2, 0) is 4.79 Å². The van der Waals surface area contributed by atoms with Crippen LogP contribution in [0.5, 0.6) is 0 Å². The summed E-state index contributed by atoms with van der Waals surface area (Å²) in [5.74, 6) is -0.104. The topological polar surface area (TPSA) is 52.9 Å². The second-order valence-corrected chi connectivity index (χ2v) is 6.56. The Hall–Kier alpha value is -2.25. The molecule has 0 radical (unpaired) electrons. The molecule has 0 fully saturated rings. The number of para-hydroxylation sites is 1. The van der Waals surface area contributed by atoms with Gasteiger partial charge in [0.1, 0.15) is 6.07 Å². The van der Waals surface area contributed by atoms with E-state index < -0.39 is 0 Å². The van der Waals surface area contributed by atoms with Crippen LogP contribution in [0.3, 0.4) is 0 Å². The standard InChI is InChI=1S/C18H18N2OS/c1-12-8-9-17(13(2)10-12)22-14(3)18(21)20-16-7-5-4-6-15(16)11-19/h4-10,14H,1-3H3,(H,20,21)/t14-/m1/s1. The quantitative estimate of drug-likeness (QED) is 0.857. The number of rotatable bonds is 4. The van der Waals surface area contributed by atoms with Gasteiger partial charge in [-0.05, 0) is 44.5 Å². The average Bonchev–Trinajstić information content (AvgIpc) is 2.50. The Balaban J connectivity index is 2.08. The van der Waals surface area contributed by atoms with E-state index in [0.717, 1.165) is 4.90 Å². The van der Waals surface area contributed by atoms with Gasteiger partial charge in [0.05, 0.1) is 16.5 Å². The van der Waals surface area contributed by atoms with Crippen LogP contribution in [0.4, 0.5) is 5.69 Å². The lowest BCUT2D eigenvalue weighted by Crippen LogP contribution is -2.22. The fraction of sp³-hybridized carbons (Fsp3) is 0.222. The van der Waals surface area contributed by atoms with E-state index in [0.29, 0.717) is 11.3 Å². The summed E-state index contributed by atoms with van der Waals surface area (Å²) in [5.41, 5.74) is 3.41. The van der Waals surface area contributed by atoms with Gasteiger partial charge in [0.2, 0.25) is 5.91 Å². The Morgan fingerprint density at radius 1 is 1.23 bits per heavy atom. The maximum atomic E-state index is 12.3. The molecule has 1 atom stereocenters. The second-order valence-electron chi connectivity index (χ2n) is 5.18. The number of benzene rings is 2. The fourth-order valence-electron chi connectivity index (χ4n) is 2.10. The van der Waals surface area contributed by atoms with E-state index in [4.69, 9.17) is 5.26 Å². The van der Waals surface area contributed by atoms with Crippen LogP contribution < -0.4 is 5.32 Å². The van der Waals surface area contributed by atoms with Gasteiger partial charge >= 0.3 is 0 Å². The molecule has 1 amide bonds. The van der Waals surface area contributed by atoms with Crippen molar-refractivity contribution < 1.29 is 4.79 Å². The summed E-state index contributed by atoms with van der Waals surface area (Å²) in [7, 11) is 0. The van der Waals surface area contributed by atoms with Crippen molar-refractivity contribution in [3.05, 3.63) is 59.2 Å². The number of nitrogens with zero attached hydrogens (tertiary/aromatic N) is 1. The Morgan fingerprint density at radius 2 is 1.95 bits per heavy atom. The Morgan fingerprint density at radius 3 is 2.64 bits per heavy atom. The Labute approximate surface area is 135 Å². The smallest absolute Gasteiger partial charge is 0.237 e. The number of thioether (sulfide) groups is 1. The van der Waals surface area contributed by atoms with Gasteiger partial charge < -0.3 is 5.32 Å². The molecule has 0 saturated heterocycles. The molecule has 2 aromatic rings. The van der Waals surface area contributed by atoms with E-state index in [2.05, 4.69) is 24.4 Å². The molecular formula is C18H18N2OS. The van der Waals surface area contributed by atoms with E-state index in [9.17, 15) is 4.79 Å². The number of nitrogens with one attached hydrogen (secondary N) is 1. The third-order valence-electron chi connectivity index (χ3n) is 3.31. The molecule has 3 nitrogen and oxygen atoms in total. The van der Waals surface area contributed by atoms with Crippen molar-refractivity contribution in [2.45, 2.75) is 30.9 Å². The van der Waals surface area contributed by atoms with Crippen molar-refractivity contribution in [2.75, 3.05) is 5.32 Å². The summed E-state index contributed by atoms with van der Waals surface area (Å²) in [6.07, 6.45) is 0. The third-order valence-corrected chi connectivity index (χ3v) is 4.59. The lowest BCUT2D eigenvalue weighted by atomic mass is 10.2. The molecule has 0 aromatic heterocycles. The minimum Gasteiger partial charge on any atom is -0.324 e. The zero-order valence-electron chi connectivity index (χ0n) is 12.9. The third kappa shape index (κ3) is 3.90. The minimum atomic E-state index is -0.242. The number of hydrogen-bond acceptors (Lipinski definition) is 3. The predicted octanol–water partition coefficient (Wildman–Crippen LogP) is 4.29. The van der Waals surface area contributed by atoms with Gasteiger partial charge in [0, 0.05) is 4.90 Å². The van der Waals surface area contributed by atoms with Crippen molar-refractivity contribution in [2.24, 2.45) is 0 Å². The molecule has 0 unspecified atom stereocenters.